The van der Waals surface area contributed by atoms with Crippen molar-refractivity contribution in [2.24, 2.45) is 0 Å². The number of aromatic nitrogens is 2. The van der Waals surface area contributed by atoms with Crippen molar-refractivity contribution in [2.45, 2.75) is 13.0 Å². The van der Waals surface area contributed by atoms with Crippen molar-refractivity contribution < 1.29 is 5.11 Å². The molecule has 0 fully saturated rings. The number of nitrogens with zero attached hydrogens (tertiary/aromatic N) is 4. The van der Waals surface area contributed by atoms with Gasteiger partial charge >= 0.3 is 0 Å². The van der Waals surface area contributed by atoms with Gasteiger partial charge in [-0.25, -0.2) is 9.97 Å². The number of aliphatic hydroxyl groups is 1. The third-order valence-electron chi connectivity index (χ3n) is 1.95. The van der Waals surface area contributed by atoms with Gasteiger partial charge in [0, 0.05) is 13.6 Å². The topological polar surface area (TPSA) is 73.0 Å². The fourth-order valence-corrected chi connectivity index (χ4v) is 1.36. The minimum atomic E-state index is -0.216. The molecule has 1 aromatic rings. The van der Waals surface area contributed by atoms with Gasteiger partial charge in [0.1, 0.15) is 17.3 Å². The van der Waals surface area contributed by atoms with Crippen LogP contribution in [-0.4, -0.2) is 28.7 Å². The van der Waals surface area contributed by atoms with Crippen molar-refractivity contribution in [3.8, 4) is 6.07 Å². The highest BCUT2D eigenvalue weighted by Gasteiger charge is 2.12. The average molecular weight is 227 g/mol. The highest BCUT2D eigenvalue weighted by Crippen LogP contribution is 2.22. The first-order valence-electron chi connectivity index (χ1n) is 4.39. The summed E-state index contributed by atoms with van der Waals surface area (Å²) in [6, 6.07) is 2.04. The Hall–Kier alpha value is -1.38. The molecule has 0 unspecified atom stereocenters. The molecule has 0 saturated carbocycles. The standard InChI is InChI=1S/C9H11ClN4O/c1-14(4-2-3-11)9-7(5-15)8(10)12-6-13-9/h6,15H,2,4-5H2,1H3. The minimum absolute atomic E-state index is 0.216. The molecule has 0 saturated heterocycles. The summed E-state index contributed by atoms with van der Waals surface area (Å²) in [5.41, 5.74) is 0.486. The molecular formula is C9H11ClN4O. The Balaban J connectivity index is 2.93. The number of rotatable bonds is 4. The van der Waals surface area contributed by atoms with Crippen LogP contribution >= 0.6 is 11.6 Å². The van der Waals surface area contributed by atoms with Crippen molar-refractivity contribution in [1.82, 2.24) is 9.97 Å². The Labute approximate surface area is 92.9 Å². The van der Waals surface area contributed by atoms with Crippen LogP contribution in [0.25, 0.3) is 0 Å². The second-order valence-electron chi connectivity index (χ2n) is 2.95. The summed E-state index contributed by atoms with van der Waals surface area (Å²) < 4.78 is 0. The summed E-state index contributed by atoms with van der Waals surface area (Å²) in [5.74, 6) is 0.563. The lowest BCUT2D eigenvalue weighted by Crippen LogP contribution is -2.21. The van der Waals surface area contributed by atoms with Gasteiger partial charge in [-0.1, -0.05) is 11.6 Å². The molecule has 0 spiro atoms. The fraction of sp³-hybridized carbons (Fsp3) is 0.444. The number of aliphatic hydroxyl groups excluding tert-OH is 1. The van der Waals surface area contributed by atoms with E-state index in [0.29, 0.717) is 24.3 Å². The fourth-order valence-electron chi connectivity index (χ4n) is 1.17. The molecule has 0 aromatic carbocycles. The first-order valence-corrected chi connectivity index (χ1v) is 4.76. The maximum atomic E-state index is 9.12. The molecule has 1 rings (SSSR count). The van der Waals surface area contributed by atoms with Gasteiger partial charge in [-0.3, -0.25) is 0 Å². The molecule has 0 aliphatic rings. The maximum absolute atomic E-state index is 9.12. The van der Waals surface area contributed by atoms with Gasteiger partial charge in [0.15, 0.2) is 0 Å². The van der Waals surface area contributed by atoms with Gasteiger partial charge in [-0.05, 0) is 0 Å². The predicted octanol–water partition coefficient (Wildman–Crippen LogP) is 0.972. The molecule has 0 radical (unpaired) electrons. The van der Waals surface area contributed by atoms with Crippen LogP contribution < -0.4 is 4.90 Å². The van der Waals surface area contributed by atoms with E-state index in [1.165, 1.54) is 6.33 Å². The van der Waals surface area contributed by atoms with Crippen LogP contribution in [0.1, 0.15) is 12.0 Å². The normalized spacial score (nSPS) is 9.73. The molecule has 5 nitrogen and oxygen atoms in total. The van der Waals surface area contributed by atoms with Crippen LogP contribution in [0.4, 0.5) is 5.82 Å². The number of anilines is 1. The van der Waals surface area contributed by atoms with E-state index in [1.54, 1.807) is 11.9 Å². The van der Waals surface area contributed by atoms with Gasteiger partial charge in [-0.2, -0.15) is 5.26 Å². The van der Waals surface area contributed by atoms with Crippen molar-refractivity contribution in [1.29, 1.82) is 5.26 Å². The van der Waals surface area contributed by atoms with Crippen LogP contribution in [0.3, 0.4) is 0 Å². The van der Waals surface area contributed by atoms with Gasteiger partial charge in [0.2, 0.25) is 0 Å². The molecular weight excluding hydrogens is 216 g/mol. The van der Waals surface area contributed by atoms with E-state index < -0.39 is 0 Å². The van der Waals surface area contributed by atoms with E-state index in [-0.39, 0.29) is 11.8 Å². The van der Waals surface area contributed by atoms with E-state index in [4.69, 9.17) is 22.0 Å². The molecule has 0 atom stereocenters. The first kappa shape index (κ1) is 11.7. The average Bonchev–Trinajstić information content (AvgIpc) is 2.25. The highest BCUT2D eigenvalue weighted by atomic mass is 35.5. The molecule has 0 bridgehead atoms. The van der Waals surface area contributed by atoms with E-state index in [2.05, 4.69) is 9.97 Å². The van der Waals surface area contributed by atoms with E-state index in [1.807, 2.05) is 6.07 Å². The molecule has 80 valence electrons. The van der Waals surface area contributed by atoms with Crippen molar-refractivity contribution >= 4 is 17.4 Å². The Morgan fingerprint density at radius 2 is 2.33 bits per heavy atom. The van der Waals surface area contributed by atoms with Crippen molar-refractivity contribution in [3.63, 3.8) is 0 Å². The first-order chi connectivity index (χ1) is 7.20. The molecule has 1 aromatic heterocycles. The molecule has 1 heterocycles. The Morgan fingerprint density at radius 3 is 2.93 bits per heavy atom. The molecule has 0 aliphatic carbocycles. The third-order valence-corrected chi connectivity index (χ3v) is 2.27. The largest absolute Gasteiger partial charge is 0.391 e. The molecule has 15 heavy (non-hydrogen) atoms. The summed E-state index contributed by atoms with van der Waals surface area (Å²) in [4.78, 5) is 9.57. The number of nitriles is 1. The highest BCUT2D eigenvalue weighted by molar-refractivity contribution is 6.30. The second kappa shape index (κ2) is 5.49. The van der Waals surface area contributed by atoms with Gasteiger partial charge in [-0.15, -0.1) is 0 Å². The van der Waals surface area contributed by atoms with Crippen LogP contribution in [0.5, 0.6) is 0 Å². The summed E-state index contributed by atoms with van der Waals surface area (Å²) >= 11 is 5.80. The molecule has 1 N–H and O–H groups in total. The number of hydrogen-bond donors (Lipinski definition) is 1. The van der Waals surface area contributed by atoms with Crippen LogP contribution in [0.15, 0.2) is 6.33 Å². The van der Waals surface area contributed by atoms with E-state index >= 15 is 0 Å². The molecule has 0 aliphatic heterocycles. The second-order valence-corrected chi connectivity index (χ2v) is 3.31. The SMILES string of the molecule is CN(CCC#N)c1ncnc(Cl)c1CO. The maximum Gasteiger partial charge on any atom is 0.140 e. The number of hydrogen-bond acceptors (Lipinski definition) is 5. The van der Waals surface area contributed by atoms with Gasteiger partial charge < -0.3 is 10.0 Å². The lowest BCUT2D eigenvalue weighted by atomic mass is 10.3. The zero-order valence-corrected chi connectivity index (χ0v) is 9.07. The molecule has 0 amide bonds. The summed E-state index contributed by atoms with van der Waals surface area (Å²) in [6.07, 6.45) is 1.72. The summed E-state index contributed by atoms with van der Waals surface area (Å²) in [7, 11) is 1.79. The van der Waals surface area contributed by atoms with Crippen LogP contribution in [-0.2, 0) is 6.61 Å². The predicted molar refractivity (Wildman–Crippen MR) is 56.5 cm³/mol. The van der Waals surface area contributed by atoms with E-state index in [0.717, 1.165) is 0 Å². The zero-order chi connectivity index (χ0) is 11.3. The minimum Gasteiger partial charge on any atom is -0.391 e. The number of halogens is 1. The van der Waals surface area contributed by atoms with Crippen LogP contribution in [0.2, 0.25) is 5.15 Å². The van der Waals surface area contributed by atoms with Crippen molar-refractivity contribution in [3.05, 3.63) is 17.0 Å². The van der Waals surface area contributed by atoms with Crippen LogP contribution in [0, 0.1) is 11.3 Å². The molecule has 6 heteroatoms. The van der Waals surface area contributed by atoms with Gasteiger partial charge in [0.25, 0.3) is 0 Å². The smallest absolute Gasteiger partial charge is 0.140 e. The Morgan fingerprint density at radius 1 is 1.60 bits per heavy atom. The zero-order valence-electron chi connectivity index (χ0n) is 8.31. The summed E-state index contributed by atoms with van der Waals surface area (Å²) in [5, 5.41) is 17.8. The lowest BCUT2D eigenvalue weighted by Gasteiger charge is -2.19. The summed E-state index contributed by atoms with van der Waals surface area (Å²) in [6.45, 7) is 0.322. The Kier molecular flexibility index (Phi) is 4.28. The third kappa shape index (κ3) is 2.78. The van der Waals surface area contributed by atoms with Crippen molar-refractivity contribution in [2.75, 3.05) is 18.5 Å². The van der Waals surface area contributed by atoms with E-state index in [9.17, 15) is 0 Å². The van der Waals surface area contributed by atoms with Gasteiger partial charge in [0.05, 0.1) is 24.7 Å². The monoisotopic (exact) mass is 226 g/mol. The lowest BCUT2D eigenvalue weighted by molar-refractivity contribution is 0.281. The quantitative estimate of drug-likeness (QED) is 0.775. The Bertz CT molecular complexity index is 377.